The smallest absolute Gasteiger partial charge is 0.351 e. The minimum absolute atomic E-state index is 0.0981. The molecule has 0 amide bonds. The zero-order valence-corrected chi connectivity index (χ0v) is 10.0. The van der Waals surface area contributed by atoms with Gasteiger partial charge in [-0.3, -0.25) is 15.3 Å². The van der Waals surface area contributed by atoms with Crippen LogP contribution < -0.4 is 11.2 Å². The Balaban J connectivity index is 2.39. The molecular weight excluding hydrogens is 261 g/mol. The Morgan fingerprint density at radius 3 is 2.84 bits per heavy atom. The molecule has 0 bridgehead atoms. The van der Waals surface area contributed by atoms with E-state index in [0.717, 1.165) is 11.5 Å². The monoisotopic (exact) mass is 275 g/mol. The molecular formula is C10H14FN3O5. The number of hydrogen-bond donors (Lipinski definition) is 4. The summed E-state index contributed by atoms with van der Waals surface area (Å²) in [5, 5.41) is 27.3. The van der Waals surface area contributed by atoms with E-state index in [4.69, 9.17) is 15.1 Å². The van der Waals surface area contributed by atoms with Crippen LogP contribution in [0.15, 0.2) is 17.1 Å². The first kappa shape index (κ1) is 13.9. The summed E-state index contributed by atoms with van der Waals surface area (Å²) in [6, 6.07) is 1.24. The summed E-state index contributed by atoms with van der Waals surface area (Å²) in [6.07, 6.45) is -2.93. The van der Waals surface area contributed by atoms with Crippen LogP contribution in [0.4, 0.5) is 10.2 Å². The molecule has 9 heteroatoms. The topological polar surface area (TPSA) is 117 Å². The maximum atomic E-state index is 14.4. The molecule has 1 saturated heterocycles. The van der Waals surface area contributed by atoms with E-state index in [1.165, 1.54) is 12.3 Å². The molecule has 1 aromatic rings. The number of halogens is 1. The minimum Gasteiger partial charge on any atom is -0.394 e. The quantitative estimate of drug-likeness (QED) is 0.524. The number of aromatic nitrogens is 2. The predicted molar refractivity (Wildman–Crippen MR) is 60.4 cm³/mol. The van der Waals surface area contributed by atoms with Crippen LogP contribution in [0.1, 0.15) is 13.2 Å². The van der Waals surface area contributed by atoms with Crippen LogP contribution in [0.25, 0.3) is 0 Å². The van der Waals surface area contributed by atoms with Crippen molar-refractivity contribution in [3.05, 3.63) is 22.7 Å². The van der Waals surface area contributed by atoms with Gasteiger partial charge in [0.2, 0.25) is 0 Å². The Kier molecular flexibility index (Phi) is 3.54. The zero-order chi connectivity index (χ0) is 14.2. The fourth-order valence-corrected chi connectivity index (χ4v) is 2.02. The van der Waals surface area contributed by atoms with Gasteiger partial charge in [0.25, 0.3) is 0 Å². The van der Waals surface area contributed by atoms with E-state index in [1.54, 1.807) is 5.48 Å². The molecule has 1 aliphatic heterocycles. The van der Waals surface area contributed by atoms with Crippen LogP contribution in [0.3, 0.4) is 0 Å². The molecule has 2 unspecified atom stereocenters. The third-order valence-corrected chi connectivity index (χ3v) is 3.09. The second kappa shape index (κ2) is 4.85. The number of rotatable bonds is 3. The Morgan fingerprint density at radius 2 is 2.37 bits per heavy atom. The number of ether oxygens (including phenoxy) is 1. The van der Waals surface area contributed by atoms with Crippen LogP contribution in [-0.2, 0) is 4.74 Å². The molecule has 4 N–H and O–H groups in total. The van der Waals surface area contributed by atoms with Crippen LogP contribution in [-0.4, -0.2) is 49.5 Å². The Labute approximate surface area is 107 Å². The first-order valence-electron chi connectivity index (χ1n) is 5.54. The third kappa shape index (κ3) is 2.21. The molecule has 2 heterocycles. The van der Waals surface area contributed by atoms with Crippen molar-refractivity contribution in [2.45, 2.75) is 31.0 Å². The van der Waals surface area contributed by atoms with Crippen LogP contribution in [0, 0.1) is 0 Å². The van der Waals surface area contributed by atoms with Gasteiger partial charge < -0.3 is 14.9 Å². The largest absolute Gasteiger partial charge is 0.394 e. The van der Waals surface area contributed by atoms with Gasteiger partial charge >= 0.3 is 5.69 Å². The summed E-state index contributed by atoms with van der Waals surface area (Å²) in [5.41, 5.74) is -1.43. The summed E-state index contributed by atoms with van der Waals surface area (Å²) in [5.74, 6) is -0.0981. The number of alkyl halides is 1. The van der Waals surface area contributed by atoms with Gasteiger partial charge in [-0.1, -0.05) is 0 Å². The lowest BCUT2D eigenvalue weighted by atomic mass is 9.98. The summed E-state index contributed by atoms with van der Waals surface area (Å²) >= 11 is 0. The van der Waals surface area contributed by atoms with Gasteiger partial charge in [0.15, 0.2) is 17.7 Å². The summed E-state index contributed by atoms with van der Waals surface area (Å²) in [6.45, 7) is 0.498. The lowest BCUT2D eigenvalue weighted by molar-refractivity contribution is -0.0610. The SMILES string of the molecule is CC1(F)[C@@H](O)C(CO)O[C@H]1n1ccc(NO)nc1=O. The van der Waals surface area contributed by atoms with Crippen molar-refractivity contribution >= 4 is 5.82 Å². The molecule has 1 aromatic heterocycles. The van der Waals surface area contributed by atoms with Gasteiger partial charge in [-0.2, -0.15) is 4.98 Å². The predicted octanol–water partition coefficient (Wildman–Crippen LogP) is -0.977. The molecule has 0 saturated carbocycles. The lowest BCUT2D eigenvalue weighted by Gasteiger charge is -2.24. The van der Waals surface area contributed by atoms with Crippen molar-refractivity contribution in [2.24, 2.45) is 0 Å². The van der Waals surface area contributed by atoms with E-state index in [-0.39, 0.29) is 5.82 Å². The molecule has 1 aliphatic rings. The fraction of sp³-hybridized carbons (Fsp3) is 0.600. The summed E-state index contributed by atoms with van der Waals surface area (Å²) in [4.78, 5) is 15.1. The maximum absolute atomic E-state index is 14.4. The van der Waals surface area contributed by atoms with Gasteiger partial charge in [0.1, 0.15) is 12.2 Å². The van der Waals surface area contributed by atoms with E-state index in [1.807, 2.05) is 0 Å². The van der Waals surface area contributed by atoms with E-state index in [0.29, 0.717) is 0 Å². The molecule has 2 rings (SSSR count). The molecule has 8 nitrogen and oxygen atoms in total. The van der Waals surface area contributed by atoms with Crippen molar-refractivity contribution in [1.82, 2.24) is 9.55 Å². The van der Waals surface area contributed by atoms with Crippen molar-refractivity contribution in [3.63, 3.8) is 0 Å². The summed E-state index contributed by atoms with van der Waals surface area (Å²) in [7, 11) is 0. The highest BCUT2D eigenvalue weighted by Gasteiger charge is 2.55. The van der Waals surface area contributed by atoms with Gasteiger partial charge in [0.05, 0.1) is 6.61 Å². The highest BCUT2D eigenvalue weighted by Crippen LogP contribution is 2.40. The van der Waals surface area contributed by atoms with Crippen LogP contribution >= 0.6 is 0 Å². The highest BCUT2D eigenvalue weighted by atomic mass is 19.1. The Hall–Kier alpha value is -1.55. The van der Waals surface area contributed by atoms with Crippen molar-refractivity contribution < 1.29 is 24.5 Å². The molecule has 106 valence electrons. The second-order valence-corrected chi connectivity index (χ2v) is 4.42. The van der Waals surface area contributed by atoms with E-state index in [2.05, 4.69) is 4.98 Å². The average Bonchev–Trinajstić information content (AvgIpc) is 2.61. The maximum Gasteiger partial charge on any atom is 0.351 e. The number of nitrogens with zero attached hydrogens (tertiary/aromatic N) is 2. The Morgan fingerprint density at radius 1 is 1.68 bits per heavy atom. The highest BCUT2D eigenvalue weighted by molar-refractivity contribution is 5.28. The number of aliphatic hydroxyl groups is 2. The molecule has 4 atom stereocenters. The first-order valence-corrected chi connectivity index (χ1v) is 5.54. The van der Waals surface area contributed by atoms with E-state index in [9.17, 15) is 14.3 Å². The fourth-order valence-electron chi connectivity index (χ4n) is 2.02. The summed E-state index contributed by atoms with van der Waals surface area (Å²) < 4.78 is 20.4. The molecule has 0 aromatic carbocycles. The minimum atomic E-state index is -2.26. The third-order valence-electron chi connectivity index (χ3n) is 3.09. The van der Waals surface area contributed by atoms with Gasteiger partial charge in [-0.25, -0.2) is 9.18 Å². The zero-order valence-electron chi connectivity index (χ0n) is 10.0. The number of anilines is 1. The van der Waals surface area contributed by atoms with Gasteiger partial charge in [-0.05, 0) is 13.0 Å². The number of aliphatic hydroxyl groups excluding tert-OH is 2. The van der Waals surface area contributed by atoms with Crippen molar-refractivity contribution in [1.29, 1.82) is 0 Å². The van der Waals surface area contributed by atoms with E-state index < -0.39 is 36.4 Å². The molecule has 1 fully saturated rings. The molecule has 0 aliphatic carbocycles. The first-order chi connectivity index (χ1) is 8.91. The molecule has 0 radical (unpaired) electrons. The van der Waals surface area contributed by atoms with Crippen LogP contribution in [0.2, 0.25) is 0 Å². The number of nitrogens with one attached hydrogen (secondary N) is 1. The average molecular weight is 275 g/mol. The van der Waals surface area contributed by atoms with Crippen molar-refractivity contribution in [2.75, 3.05) is 12.1 Å². The van der Waals surface area contributed by atoms with Crippen LogP contribution in [0.5, 0.6) is 0 Å². The molecule has 19 heavy (non-hydrogen) atoms. The number of hydrogen-bond acceptors (Lipinski definition) is 7. The second-order valence-electron chi connectivity index (χ2n) is 4.42. The van der Waals surface area contributed by atoms with Crippen molar-refractivity contribution in [3.8, 4) is 0 Å². The van der Waals surface area contributed by atoms with Gasteiger partial charge in [0, 0.05) is 6.20 Å². The van der Waals surface area contributed by atoms with Gasteiger partial charge in [-0.15, -0.1) is 0 Å². The van der Waals surface area contributed by atoms with E-state index >= 15 is 0 Å². The molecule has 0 spiro atoms. The normalized spacial score (nSPS) is 34.5. The standard InChI is InChI=1S/C10H14FN3O5/c1-10(11)7(16)5(4-15)19-8(10)14-3-2-6(13-18)12-9(14)17/h2-3,5,7-8,15-16,18H,4H2,1H3,(H,12,13,17)/t5?,7-,8+,10?/m0/s1. The lowest BCUT2D eigenvalue weighted by Crippen LogP contribution is -2.42. The Bertz CT molecular complexity index is 520.